The van der Waals surface area contributed by atoms with Crippen LogP contribution in [0.25, 0.3) is 0 Å². The van der Waals surface area contributed by atoms with Crippen molar-refractivity contribution in [1.29, 1.82) is 0 Å². The first-order valence-corrected chi connectivity index (χ1v) is 9.32. The second-order valence-electron chi connectivity index (χ2n) is 6.83. The highest BCUT2D eigenvalue weighted by Gasteiger charge is 2.23. The maximum Gasteiger partial charge on any atom is 0.346 e. The number of carbonyl (C=O) groups is 1. The molecular formula is C21H21ClF2O2. The van der Waals surface area contributed by atoms with Crippen LogP contribution in [0.5, 0.6) is 5.75 Å². The van der Waals surface area contributed by atoms with Crippen LogP contribution in [0, 0.1) is 17.6 Å². The fourth-order valence-electron chi connectivity index (χ4n) is 3.57. The van der Waals surface area contributed by atoms with Crippen molar-refractivity contribution in [2.24, 2.45) is 5.92 Å². The van der Waals surface area contributed by atoms with E-state index in [0.29, 0.717) is 5.92 Å². The van der Waals surface area contributed by atoms with Gasteiger partial charge in [-0.2, -0.15) is 0 Å². The zero-order valence-corrected chi connectivity index (χ0v) is 15.4. The van der Waals surface area contributed by atoms with Gasteiger partial charge in [0.05, 0.1) is 10.6 Å². The average Bonchev–Trinajstić information content (AvgIpc) is 2.64. The van der Waals surface area contributed by atoms with Crippen LogP contribution in [-0.4, -0.2) is 5.97 Å². The highest BCUT2D eigenvalue weighted by molar-refractivity contribution is 6.32. The smallest absolute Gasteiger partial charge is 0.346 e. The molecule has 0 amide bonds. The van der Waals surface area contributed by atoms with Crippen LogP contribution in [0.3, 0.4) is 0 Å². The van der Waals surface area contributed by atoms with E-state index in [4.69, 9.17) is 16.3 Å². The van der Waals surface area contributed by atoms with Crippen LogP contribution >= 0.6 is 11.6 Å². The van der Waals surface area contributed by atoms with Crippen molar-refractivity contribution in [3.63, 3.8) is 0 Å². The molecule has 5 heteroatoms. The summed E-state index contributed by atoms with van der Waals surface area (Å²) in [5.41, 5.74) is 0.768. The lowest BCUT2D eigenvalue weighted by Gasteiger charge is -2.28. The minimum Gasteiger partial charge on any atom is -0.421 e. The number of rotatable bonds is 4. The molecule has 0 aromatic heterocycles. The molecule has 0 N–H and O–H groups in total. The second-order valence-corrected chi connectivity index (χ2v) is 7.24. The number of benzene rings is 2. The van der Waals surface area contributed by atoms with Crippen molar-refractivity contribution in [2.75, 3.05) is 0 Å². The summed E-state index contributed by atoms with van der Waals surface area (Å²) in [4.78, 5) is 12.2. The minimum atomic E-state index is -0.850. The van der Waals surface area contributed by atoms with E-state index in [2.05, 4.69) is 6.92 Å². The summed E-state index contributed by atoms with van der Waals surface area (Å²) in [6.45, 7) is 2.21. The van der Waals surface area contributed by atoms with Gasteiger partial charge < -0.3 is 4.74 Å². The second kappa shape index (κ2) is 8.17. The molecule has 2 nitrogen and oxygen atoms in total. The molecule has 1 aliphatic carbocycles. The van der Waals surface area contributed by atoms with Crippen molar-refractivity contribution in [1.82, 2.24) is 0 Å². The number of carbonyl (C=O) groups excluding carboxylic acids is 1. The summed E-state index contributed by atoms with van der Waals surface area (Å²) >= 11 is 5.84. The molecule has 1 aliphatic rings. The topological polar surface area (TPSA) is 26.3 Å². The molecule has 0 aliphatic heterocycles. The Hall–Kier alpha value is -1.94. The molecule has 26 heavy (non-hydrogen) atoms. The predicted octanol–water partition coefficient (Wildman–Crippen LogP) is 6.52. The van der Waals surface area contributed by atoms with E-state index in [-0.39, 0.29) is 16.3 Å². The van der Waals surface area contributed by atoms with Crippen LogP contribution in [0.15, 0.2) is 36.4 Å². The van der Waals surface area contributed by atoms with Gasteiger partial charge in [-0.1, -0.05) is 31.0 Å². The number of hydrogen-bond acceptors (Lipinski definition) is 2. The van der Waals surface area contributed by atoms with Crippen molar-refractivity contribution < 1.29 is 18.3 Å². The fraction of sp³-hybridized carbons (Fsp3) is 0.381. The van der Waals surface area contributed by atoms with Gasteiger partial charge in [0.2, 0.25) is 0 Å². The molecule has 2 aromatic carbocycles. The number of ether oxygens (including phenoxy) is 1. The zero-order valence-electron chi connectivity index (χ0n) is 14.6. The van der Waals surface area contributed by atoms with Gasteiger partial charge in [0.15, 0.2) is 0 Å². The molecule has 1 fully saturated rings. The van der Waals surface area contributed by atoms with Gasteiger partial charge in [-0.05, 0) is 73.4 Å². The largest absolute Gasteiger partial charge is 0.421 e. The van der Waals surface area contributed by atoms with Crippen LogP contribution < -0.4 is 4.74 Å². The fourth-order valence-corrected chi connectivity index (χ4v) is 3.77. The Morgan fingerprint density at radius 3 is 2.46 bits per heavy atom. The SMILES string of the molecule is CC[C@H]1CC[C@H](c2ccc(C(=O)Oc3ccc(F)cc3Cl)c(F)c2)CC1. The molecule has 2 aromatic rings. The Balaban J connectivity index is 1.72. The van der Waals surface area contributed by atoms with Gasteiger partial charge in [-0.25, -0.2) is 13.6 Å². The standard InChI is InChI=1S/C21H21ClF2O2/c1-2-13-3-5-14(6-4-13)15-7-9-17(19(24)11-15)21(25)26-20-10-8-16(23)12-18(20)22/h7-14H,2-6H2,1H3/t13-,14-. The van der Waals surface area contributed by atoms with Gasteiger partial charge in [0, 0.05) is 0 Å². The Bertz CT molecular complexity index is 799. The summed E-state index contributed by atoms with van der Waals surface area (Å²) in [5, 5.41) is -0.0388. The lowest BCUT2D eigenvalue weighted by molar-refractivity contribution is 0.0729. The Morgan fingerprint density at radius 2 is 1.85 bits per heavy atom. The van der Waals surface area contributed by atoms with Gasteiger partial charge >= 0.3 is 5.97 Å². The van der Waals surface area contributed by atoms with Gasteiger partial charge in [-0.3, -0.25) is 0 Å². The van der Waals surface area contributed by atoms with Crippen LogP contribution in [-0.2, 0) is 0 Å². The molecule has 0 heterocycles. The maximum atomic E-state index is 14.5. The quantitative estimate of drug-likeness (QED) is 0.447. The maximum absolute atomic E-state index is 14.5. The highest BCUT2D eigenvalue weighted by Crippen LogP contribution is 2.37. The molecule has 0 spiro atoms. The molecule has 0 atom stereocenters. The number of esters is 1. The minimum absolute atomic E-state index is 0.000527. The van der Waals surface area contributed by atoms with Crippen LogP contribution in [0.4, 0.5) is 8.78 Å². The third-order valence-electron chi connectivity index (χ3n) is 5.21. The van der Waals surface area contributed by atoms with Crippen LogP contribution in [0.1, 0.15) is 60.9 Å². The van der Waals surface area contributed by atoms with Crippen molar-refractivity contribution in [3.05, 3.63) is 64.2 Å². The van der Waals surface area contributed by atoms with Crippen LogP contribution in [0.2, 0.25) is 5.02 Å². The van der Waals surface area contributed by atoms with E-state index < -0.39 is 17.6 Å². The lowest BCUT2D eigenvalue weighted by atomic mass is 9.78. The van der Waals surface area contributed by atoms with Gasteiger partial charge in [0.1, 0.15) is 17.4 Å². The summed E-state index contributed by atoms with van der Waals surface area (Å²) in [5.74, 6) is -0.891. The van der Waals surface area contributed by atoms with E-state index in [0.717, 1.165) is 49.3 Å². The van der Waals surface area contributed by atoms with E-state index in [1.165, 1.54) is 24.6 Å². The van der Waals surface area contributed by atoms with E-state index in [9.17, 15) is 13.6 Å². The molecule has 0 unspecified atom stereocenters. The van der Waals surface area contributed by atoms with Crippen molar-refractivity contribution in [2.45, 2.75) is 44.9 Å². The van der Waals surface area contributed by atoms with Crippen molar-refractivity contribution >= 4 is 17.6 Å². The Labute approximate surface area is 157 Å². The summed E-state index contributed by atoms with van der Waals surface area (Å²) in [7, 11) is 0. The average molecular weight is 379 g/mol. The van der Waals surface area contributed by atoms with E-state index in [1.807, 2.05) is 0 Å². The molecular weight excluding hydrogens is 358 g/mol. The van der Waals surface area contributed by atoms with E-state index >= 15 is 0 Å². The first kappa shape index (κ1) is 18.8. The first-order chi connectivity index (χ1) is 12.5. The zero-order chi connectivity index (χ0) is 18.7. The summed E-state index contributed by atoms with van der Waals surface area (Å²) in [6.07, 6.45) is 5.61. The predicted molar refractivity (Wildman–Crippen MR) is 97.8 cm³/mol. The van der Waals surface area contributed by atoms with Gasteiger partial charge in [-0.15, -0.1) is 0 Å². The Morgan fingerprint density at radius 1 is 1.12 bits per heavy atom. The molecule has 3 rings (SSSR count). The monoisotopic (exact) mass is 378 g/mol. The molecule has 0 bridgehead atoms. The molecule has 0 radical (unpaired) electrons. The van der Waals surface area contributed by atoms with Crippen molar-refractivity contribution in [3.8, 4) is 5.75 Å². The first-order valence-electron chi connectivity index (χ1n) is 8.94. The number of hydrogen-bond donors (Lipinski definition) is 0. The third kappa shape index (κ3) is 4.24. The lowest BCUT2D eigenvalue weighted by Crippen LogP contribution is -2.14. The normalized spacial score (nSPS) is 20.0. The number of halogens is 3. The Kier molecular flexibility index (Phi) is 5.92. The van der Waals surface area contributed by atoms with Gasteiger partial charge in [0.25, 0.3) is 0 Å². The van der Waals surface area contributed by atoms with E-state index in [1.54, 1.807) is 6.07 Å². The highest BCUT2D eigenvalue weighted by atomic mass is 35.5. The molecule has 138 valence electrons. The molecule has 1 saturated carbocycles. The third-order valence-corrected chi connectivity index (χ3v) is 5.50. The summed E-state index contributed by atoms with van der Waals surface area (Å²) < 4.78 is 32.6. The summed E-state index contributed by atoms with van der Waals surface area (Å²) in [6, 6.07) is 8.09. The molecule has 0 saturated heterocycles.